The van der Waals surface area contributed by atoms with Crippen molar-refractivity contribution in [3.05, 3.63) is 24.0 Å². The van der Waals surface area contributed by atoms with Gasteiger partial charge in [-0.2, -0.15) is 0 Å². The molecule has 0 saturated carbocycles. The number of nitrogens with one attached hydrogen (secondary N) is 1. The van der Waals surface area contributed by atoms with Gasteiger partial charge in [-0.3, -0.25) is 0 Å². The van der Waals surface area contributed by atoms with E-state index in [4.69, 9.17) is 4.74 Å². The van der Waals surface area contributed by atoms with Crippen LogP contribution < -0.4 is 10.1 Å². The van der Waals surface area contributed by atoms with Crippen LogP contribution in [0.15, 0.2) is 18.2 Å². The predicted octanol–water partition coefficient (Wildman–Crippen LogP) is 4.07. The molecular formula is C14H22FNO. The Labute approximate surface area is 103 Å². The Balaban J connectivity index is 2.75. The van der Waals surface area contributed by atoms with Gasteiger partial charge in [0, 0.05) is 12.1 Å². The summed E-state index contributed by atoms with van der Waals surface area (Å²) in [5.41, 5.74) is 0.862. The fourth-order valence-electron chi connectivity index (χ4n) is 1.92. The van der Waals surface area contributed by atoms with Crippen LogP contribution in [-0.4, -0.2) is 12.6 Å². The molecule has 1 aromatic rings. The van der Waals surface area contributed by atoms with Gasteiger partial charge < -0.3 is 10.1 Å². The molecule has 2 nitrogen and oxygen atoms in total. The first-order chi connectivity index (χ1) is 8.02. The average molecular weight is 239 g/mol. The molecule has 0 aliphatic carbocycles. The van der Waals surface area contributed by atoms with Gasteiger partial charge >= 0.3 is 0 Å². The van der Waals surface area contributed by atoms with Crippen molar-refractivity contribution in [1.29, 1.82) is 0 Å². The maximum absolute atomic E-state index is 13.1. The van der Waals surface area contributed by atoms with Crippen LogP contribution in [0, 0.1) is 11.7 Å². The maximum atomic E-state index is 13.1. The van der Waals surface area contributed by atoms with Gasteiger partial charge in [-0.1, -0.05) is 13.8 Å². The third-order valence-electron chi connectivity index (χ3n) is 2.47. The van der Waals surface area contributed by atoms with Gasteiger partial charge in [-0.15, -0.1) is 0 Å². The second-order valence-electron chi connectivity index (χ2n) is 4.75. The lowest BCUT2D eigenvalue weighted by Crippen LogP contribution is -2.18. The van der Waals surface area contributed by atoms with E-state index >= 15 is 0 Å². The van der Waals surface area contributed by atoms with Gasteiger partial charge in [-0.25, -0.2) is 4.39 Å². The summed E-state index contributed by atoms with van der Waals surface area (Å²) in [6.07, 6.45) is 1.07. The third kappa shape index (κ3) is 4.63. The summed E-state index contributed by atoms with van der Waals surface area (Å²) in [6.45, 7) is 8.93. The molecule has 0 aromatic heterocycles. The standard InChI is InChI=1S/C14H22FNO/c1-5-17-14-9-12(15)6-7-13(14)16-11(4)8-10(2)3/h6-7,9-11,16H,5,8H2,1-4H3. The first-order valence-electron chi connectivity index (χ1n) is 6.21. The highest BCUT2D eigenvalue weighted by Crippen LogP contribution is 2.26. The molecule has 0 bridgehead atoms. The number of ether oxygens (including phenoxy) is 1. The second kappa shape index (κ2) is 6.48. The van der Waals surface area contributed by atoms with Gasteiger partial charge in [0.1, 0.15) is 11.6 Å². The van der Waals surface area contributed by atoms with E-state index in [2.05, 4.69) is 26.1 Å². The predicted molar refractivity (Wildman–Crippen MR) is 70.1 cm³/mol. The van der Waals surface area contributed by atoms with Gasteiger partial charge in [0.05, 0.1) is 12.3 Å². The molecule has 0 radical (unpaired) electrons. The highest BCUT2D eigenvalue weighted by atomic mass is 19.1. The first kappa shape index (κ1) is 13.8. The zero-order valence-corrected chi connectivity index (χ0v) is 11.1. The smallest absolute Gasteiger partial charge is 0.145 e. The fraction of sp³-hybridized carbons (Fsp3) is 0.571. The molecule has 1 N–H and O–H groups in total. The average Bonchev–Trinajstić information content (AvgIpc) is 2.21. The van der Waals surface area contributed by atoms with E-state index in [1.165, 1.54) is 12.1 Å². The van der Waals surface area contributed by atoms with E-state index < -0.39 is 0 Å². The lowest BCUT2D eigenvalue weighted by atomic mass is 10.0. The zero-order valence-electron chi connectivity index (χ0n) is 11.1. The van der Waals surface area contributed by atoms with E-state index in [-0.39, 0.29) is 5.82 Å². The number of benzene rings is 1. The number of hydrogen-bond donors (Lipinski definition) is 1. The third-order valence-corrected chi connectivity index (χ3v) is 2.47. The quantitative estimate of drug-likeness (QED) is 0.808. The lowest BCUT2D eigenvalue weighted by Gasteiger charge is -2.19. The highest BCUT2D eigenvalue weighted by Gasteiger charge is 2.09. The Bertz CT molecular complexity index is 352. The van der Waals surface area contributed by atoms with Crippen molar-refractivity contribution in [3.63, 3.8) is 0 Å². The van der Waals surface area contributed by atoms with Gasteiger partial charge in [0.25, 0.3) is 0 Å². The van der Waals surface area contributed by atoms with Crippen molar-refractivity contribution >= 4 is 5.69 Å². The lowest BCUT2D eigenvalue weighted by molar-refractivity contribution is 0.339. The summed E-state index contributed by atoms with van der Waals surface area (Å²) < 4.78 is 18.5. The molecule has 17 heavy (non-hydrogen) atoms. The van der Waals surface area contributed by atoms with Crippen molar-refractivity contribution in [2.75, 3.05) is 11.9 Å². The number of rotatable bonds is 6. The van der Waals surface area contributed by atoms with Crippen molar-refractivity contribution in [2.45, 2.75) is 40.2 Å². The SMILES string of the molecule is CCOc1cc(F)ccc1NC(C)CC(C)C. The molecule has 1 aromatic carbocycles. The summed E-state index contributed by atoms with van der Waals surface area (Å²) in [5, 5.41) is 3.36. The van der Waals surface area contributed by atoms with E-state index in [1.54, 1.807) is 6.07 Å². The molecule has 0 saturated heterocycles. The topological polar surface area (TPSA) is 21.3 Å². The summed E-state index contributed by atoms with van der Waals surface area (Å²) in [7, 11) is 0. The molecule has 3 heteroatoms. The van der Waals surface area contributed by atoms with Crippen molar-refractivity contribution < 1.29 is 9.13 Å². The molecule has 0 spiro atoms. The van der Waals surface area contributed by atoms with E-state index in [1.807, 2.05) is 6.92 Å². The largest absolute Gasteiger partial charge is 0.492 e. The minimum absolute atomic E-state index is 0.268. The summed E-state index contributed by atoms with van der Waals surface area (Å²) in [6, 6.07) is 4.96. The molecule has 1 rings (SSSR count). The zero-order chi connectivity index (χ0) is 12.8. The molecule has 0 aliphatic heterocycles. The normalized spacial score (nSPS) is 12.6. The van der Waals surface area contributed by atoms with Crippen LogP contribution in [-0.2, 0) is 0 Å². The van der Waals surface area contributed by atoms with E-state index in [9.17, 15) is 4.39 Å². The van der Waals surface area contributed by atoms with Crippen LogP contribution >= 0.6 is 0 Å². The molecule has 1 unspecified atom stereocenters. The fourth-order valence-corrected chi connectivity index (χ4v) is 1.92. The molecular weight excluding hydrogens is 217 g/mol. The van der Waals surface area contributed by atoms with Crippen molar-refractivity contribution in [2.24, 2.45) is 5.92 Å². The Kier molecular flexibility index (Phi) is 5.26. The van der Waals surface area contributed by atoms with Crippen LogP contribution in [0.25, 0.3) is 0 Å². The Morgan fingerprint density at radius 1 is 1.29 bits per heavy atom. The van der Waals surface area contributed by atoms with E-state index in [0.717, 1.165) is 12.1 Å². The molecule has 0 amide bonds. The van der Waals surface area contributed by atoms with Gasteiger partial charge in [0.2, 0.25) is 0 Å². The Morgan fingerprint density at radius 3 is 2.59 bits per heavy atom. The number of halogens is 1. The van der Waals surface area contributed by atoms with Gasteiger partial charge in [-0.05, 0) is 38.3 Å². The molecule has 0 fully saturated rings. The Morgan fingerprint density at radius 2 is 2.00 bits per heavy atom. The van der Waals surface area contributed by atoms with Gasteiger partial charge in [0.15, 0.2) is 0 Å². The number of hydrogen-bond acceptors (Lipinski definition) is 2. The Hall–Kier alpha value is -1.25. The van der Waals surface area contributed by atoms with Crippen molar-refractivity contribution in [1.82, 2.24) is 0 Å². The molecule has 96 valence electrons. The van der Waals surface area contributed by atoms with Crippen LogP contribution in [0.5, 0.6) is 5.75 Å². The second-order valence-corrected chi connectivity index (χ2v) is 4.75. The monoisotopic (exact) mass is 239 g/mol. The van der Waals surface area contributed by atoms with E-state index in [0.29, 0.717) is 24.3 Å². The first-order valence-corrected chi connectivity index (χ1v) is 6.21. The number of anilines is 1. The molecule has 0 heterocycles. The maximum Gasteiger partial charge on any atom is 0.145 e. The van der Waals surface area contributed by atoms with Crippen LogP contribution in [0.1, 0.15) is 34.1 Å². The van der Waals surface area contributed by atoms with Crippen LogP contribution in [0.2, 0.25) is 0 Å². The minimum atomic E-state index is -0.268. The molecule has 1 atom stereocenters. The van der Waals surface area contributed by atoms with Crippen LogP contribution in [0.3, 0.4) is 0 Å². The summed E-state index contributed by atoms with van der Waals surface area (Å²) in [4.78, 5) is 0. The van der Waals surface area contributed by atoms with Crippen LogP contribution in [0.4, 0.5) is 10.1 Å². The molecule has 0 aliphatic rings. The highest BCUT2D eigenvalue weighted by molar-refractivity contribution is 5.56. The summed E-state index contributed by atoms with van der Waals surface area (Å²) >= 11 is 0. The minimum Gasteiger partial charge on any atom is -0.492 e. The van der Waals surface area contributed by atoms with Crippen molar-refractivity contribution in [3.8, 4) is 5.75 Å². The summed E-state index contributed by atoms with van der Waals surface area (Å²) in [5.74, 6) is 0.951.